The third kappa shape index (κ3) is 6.13. The van der Waals surface area contributed by atoms with Crippen LogP contribution in [0.25, 0.3) is 0 Å². The second kappa shape index (κ2) is 11.2. The maximum Gasteiger partial charge on any atom is 0.246 e. The molecule has 2 amide bonds. The number of alkyl halides is 2. The summed E-state index contributed by atoms with van der Waals surface area (Å²) < 4.78 is 19.5. The molecule has 5 aliphatic rings. The molecule has 5 fully saturated rings. The SMILES string of the molecule is CN(C)C1CCC(CNC(=O)C23CCC(NC(=O)COC4CCC(Cl)C(F)C4)(CC2)CC3O)CC1. The highest BCUT2D eigenvalue weighted by atomic mass is 35.5. The van der Waals surface area contributed by atoms with Crippen molar-refractivity contribution < 1.29 is 23.8 Å². The standard InChI is InChI=1S/C26H43ClFN3O4/c1-31(2)18-5-3-17(4-6-18)15-29-24(34)26-11-9-25(10-12-26,14-22(26)32)30-23(33)16-35-19-7-8-20(27)21(28)13-19/h17-22,32H,3-16H2,1-2H3,(H,29,34)(H,30,33). The van der Waals surface area contributed by atoms with Crippen molar-refractivity contribution in [1.29, 1.82) is 0 Å². The molecule has 0 radical (unpaired) electrons. The van der Waals surface area contributed by atoms with Crippen LogP contribution in [-0.2, 0) is 14.3 Å². The zero-order valence-corrected chi connectivity index (χ0v) is 22.0. The number of ether oxygens (including phenoxy) is 1. The number of carbonyl (C=O) groups is 2. The van der Waals surface area contributed by atoms with Crippen LogP contribution in [0, 0.1) is 11.3 Å². The molecule has 0 saturated heterocycles. The van der Waals surface area contributed by atoms with Crippen LogP contribution >= 0.6 is 11.6 Å². The van der Waals surface area contributed by atoms with Gasteiger partial charge in [0.25, 0.3) is 0 Å². The van der Waals surface area contributed by atoms with E-state index in [9.17, 15) is 19.1 Å². The van der Waals surface area contributed by atoms with Crippen LogP contribution in [0.15, 0.2) is 0 Å². The van der Waals surface area contributed by atoms with Crippen LogP contribution in [-0.4, -0.2) is 84.4 Å². The van der Waals surface area contributed by atoms with E-state index in [1.165, 1.54) is 0 Å². The van der Waals surface area contributed by atoms with Gasteiger partial charge < -0.3 is 25.4 Å². The van der Waals surface area contributed by atoms with Gasteiger partial charge in [-0.2, -0.15) is 0 Å². The Morgan fingerprint density at radius 1 is 1.09 bits per heavy atom. The number of amides is 2. The number of aliphatic hydroxyl groups is 1. The average molecular weight is 516 g/mol. The van der Waals surface area contributed by atoms with Gasteiger partial charge >= 0.3 is 0 Å². The van der Waals surface area contributed by atoms with E-state index >= 15 is 0 Å². The van der Waals surface area contributed by atoms with Gasteiger partial charge in [0.1, 0.15) is 12.8 Å². The second-order valence-electron chi connectivity index (χ2n) is 11.8. The number of hydrogen-bond donors (Lipinski definition) is 3. The molecule has 0 aromatic carbocycles. The maximum atomic E-state index is 13.8. The van der Waals surface area contributed by atoms with Crippen molar-refractivity contribution in [2.24, 2.45) is 11.3 Å². The molecule has 200 valence electrons. The molecule has 5 aliphatic carbocycles. The van der Waals surface area contributed by atoms with Crippen LogP contribution in [0.2, 0.25) is 0 Å². The van der Waals surface area contributed by atoms with Crippen LogP contribution in [0.4, 0.5) is 4.39 Å². The number of aliphatic hydroxyl groups excluding tert-OH is 1. The van der Waals surface area contributed by atoms with Gasteiger partial charge in [-0.25, -0.2) is 4.39 Å². The average Bonchev–Trinajstić information content (AvgIpc) is 2.84. The van der Waals surface area contributed by atoms with Gasteiger partial charge in [0.15, 0.2) is 0 Å². The zero-order chi connectivity index (χ0) is 25.2. The molecule has 5 rings (SSSR count). The summed E-state index contributed by atoms with van der Waals surface area (Å²) in [6, 6.07) is 0.633. The quantitative estimate of drug-likeness (QED) is 0.432. The number of carbonyl (C=O) groups excluding carboxylic acids is 2. The van der Waals surface area contributed by atoms with Crippen molar-refractivity contribution in [2.45, 2.75) is 112 Å². The van der Waals surface area contributed by atoms with Gasteiger partial charge in [0.05, 0.1) is 23.0 Å². The first-order chi connectivity index (χ1) is 16.6. The number of fused-ring (bicyclic) bond motifs is 3. The fourth-order valence-corrected chi connectivity index (χ4v) is 7.06. The van der Waals surface area contributed by atoms with Crippen molar-refractivity contribution in [3.63, 3.8) is 0 Å². The van der Waals surface area contributed by atoms with Crippen LogP contribution in [0.5, 0.6) is 0 Å². The monoisotopic (exact) mass is 515 g/mol. The first kappa shape index (κ1) is 27.1. The van der Waals surface area contributed by atoms with Crippen LogP contribution in [0.1, 0.15) is 77.0 Å². The van der Waals surface area contributed by atoms with Gasteiger partial charge in [0.2, 0.25) is 11.8 Å². The Balaban J connectivity index is 1.22. The Hall–Kier alpha value is -0.960. The van der Waals surface area contributed by atoms with Crippen molar-refractivity contribution in [1.82, 2.24) is 15.5 Å². The van der Waals surface area contributed by atoms with Gasteiger partial charge in [0, 0.05) is 24.5 Å². The molecule has 35 heavy (non-hydrogen) atoms. The summed E-state index contributed by atoms with van der Waals surface area (Å²) in [4.78, 5) is 28.1. The molecular weight excluding hydrogens is 473 g/mol. The molecule has 2 bridgehead atoms. The Morgan fingerprint density at radius 3 is 2.37 bits per heavy atom. The topological polar surface area (TPSA) is 90.9 Å². The summed E-state index contributed by atoms with van der Waals surface area (Å²) in [6.07, 6.45) is 6.67. The molecule has 0 spiro atoms. The number of hydrogen-bond acceptors (Lipinski definition) is 5. The highest BCUT2D eigenvalue weighted by Gasteiger charge is 2.58. The van der Waals surface area contributed by atoms with E-state index in [4.69, 9.17) is 16.3 Å². The lowest BCUT2D eigenvalue weighted by molar-refractivity contribution is -0.157. The van der Waals surface area contributed by atoms with Crippen molar-refractivity contribution in [2.75, 3.05) is 27.2 Å². The molecule has 0 aromatic rings. The number of nitrogens with zero attached hydrogens (tertiary/aromatic N) is 1. The highest BCUT2D eigenvalue weighted by molar-refractivity contribution is 6.21. The number of rotatable bonds is 8. The lowest BCUT2D eigenvalue weighted by Gasteiger charge is -2.55. The van der Waals surface area contributed by atoms with E-state index in [1.54, 1.807) is 0 Å². The zero-order valence-electron chi connectivity index (χ0n) is 21.2. The normalized spacial score (nSPS) is 41.5. The predicted octanol–water partition coefficient (Wildman–Crippen LogP) is 2.92. The molecule has 5 saturated carbocycles. The van der Waals surface area contributed by atoms with Crippen molar-refractivity contribution in [3.05, 3.63) is 0 Å². The molecule has 3 N–H and O–H groups in total. The van der Waals surface area contributed by atoms with E-state index in [-0.39, 0.29) is 30.9 Å². The summed E-state index contributed by atoms with van der Waals surface area (Å²) in [5.74, 6) is 0.229. The van der Waals surface area contributed by atoms with E-state index in [0.29, 0.717) is 63.5 Å². The number of halogens is 2. The third-order valence-corrected chi connectivity index (χ3v) is 9.86. The lowest BCUT2D eigenvalue weighted by Crippen LogP contribution is -2.65. The van der Waals surface area contributed by atoms with E-state index in [1.807, 2.05) is 0 Å². The van der Waals surface area contributed by atoms with Gasteiger partial charge in [-0.3, -0.25) is 9.59 Å². The molecule has 0 aliphatic heterocycles. The summed E-state index contributed by atoms with van der Waals surface area (Å²) in [5.41, 5.74) is -1.25. The lowest BCUT2D eigenvalue weighted by atomic mass is 9.55. The minimum absolute atomic E-state index is 0.0293. The third-order valence-electron chi connectivity index (χ3n) is 9.37. The summed E-state index contributed by atoms with van der Waals surface area (Å²) in [5, 5.41) is 16.8. The Labute approximate surface area is 213 Å². The Morgan fingerprint density at radius 2 is 1.77 bits per heavy atom. The van der Waals surface area contributed by atoms with E-state index < -0.39 is 28.6 Å². The molecule has 7 nitrogen and oxygen atoms in total. The minimum atomic E-state index is -1.10. The summed E-state index contributed by atoms with van der Waals surface area (Å²) >= 11 is 5.92. The molecular formula is C26H43ClFN3O4. The maximum absolute atomic E-state index is 13.8. The van der Waals surface area contributed by atoms with Gasteiger partial charge in [-0.15, -0.1) is 11.6 Å². The largest absolute Gasteiger partial charge is 0.392 e. The highest BCUT2D eigenvalue weighted by Crippen LogP contribution is 2.52. The molecule has 0 aromatic heterocycles. The predicted molar refractivity (Wildman–Crippen MR) is 133 cm³/mol. The minimum Gasteiger partial charge on any atom is -0.392 e. The van der Waals surface area contributed by atoms with E-state index in [2.05, 4.69) is 29.6 Å². The summed E-state index contributed by atoms with van der Waals surface area (Å²) in [6.45, 7) is 0.557. The molecule has 4 unspecified atom stereocenters. The second-order valence-corrected chi connectivity index (χ2v) is 12.4. The first-order valence-electron chi connectivity index (χ1n) is 13.5. The Bertz CT molecular complexity index is 753. The number of nitrogens with one attached hydrogen (secondary N) is 2. The molecule has 0 heterocycles. The van der Waals surface area contributed by atoms with E-state index in [0.717, 1.165) is 25.7 Å². The molecule has 4 atom stereocenters. The fraction of sp³-hybridized carbons (Fsp3) is 0.923. The smallest absolute Gasteiger partial charge is 0.246 e. The van der Waals surface area contributed by atoms with Crippen molar-refractivity contribution in [3.8, 4) is 0 Å². The summed E-state index contributed by atoms with van der Waals surface area (Å²) in [7, 11) is 4.25. The first-order valence-corrected chi connectivity index (χ1v) is 13.9. The van der Waals surface area contributed by atoms with Gasteiger partial charge in [-0.05, 0) is 90.6 Å². The van der Waals surface area contributed by atoms with Crippen LogP contribution < -0.4 is 10.6 Å². The van der Waals surface area contributed by atoms with Gasteiger partial charge in [-0.1, -0.05) is 0 Å². The fourth-order valence-electron chi connectivity index (χ4n) is 6.83. The van der Waals surface area contributed by atoms with Crippen molar-refractivity contribution >= 4 is 23.4 Å². The Kier molecular flexibility index (Phi) is 8.66. The molecule has 9 heteroatoms. The van der Waals surface area contributed by atoms with Crippen LogP contribution in [0.3, 0.4) is 0 Å².